The minimum atomic E-state index is -0.664. The van der Waals surface area contributed by atoms with Crippen molar-refractivity contribution in [1.29, 1.82) is 0 Å². The van der Waals surface area contributed by atoms with Crippen molar-refractivity contribution in [2.75, 3.05) is 80.4 Å². The number of carbonyl (C=O) groups excluding carboxylic acids is 2. The second kappa shape index (κ2) is 14.2. The van der Waals surface area contributed by atoms with Crippen molar-refractivity contribution in [3.63, 3.8) is 0 Å². The number of aromatic nitrogens is 2. The number of hydrogen-bond donors (Lipinski definition) is 4. The first-order chi connectivity index (χ1) is 20.8. The molecule has 2 amide bonds. The second-order valence-corrected chi connectivity index (χ2v) is 11.6. The van der Waals surface area contributed by atoms with Gasteiger partial charge in [0.05, 0.1) is 17.1 Å². The van der Waals surface area contributed by atoms with Gasteiger partial charge in [0.15, 0.2) is 17.3 Å². The maximum atomic E-state index is 12.4. The monoisotopic (exact) mass is 591 g/mol. The zero-order chi connectivity index (χ0) is 30.3. The average Bonchev–Trinajstić information content (AvgIpc) is 3.02. The van der Waals surface area contributed by atoms with E-state index < -0.39 is 5.91 Å². The predicted molar refractivity (Wildman–Crippen MR) is 170 cm³/mol. The molecule has 5 N–H and O–H groups in total. The summed E-state index contributed by atoms with van der Waals surface area (Å²) < 4.78 is 5.49. The number of nitrogens with zero attached hydrogens (tertiary/aromatic N) is 5. The van der Waals surface area contributed by atoms with Crippen LogP contribution in [0.25, 0.3) is 0 Å². The number of carbonyl (C=O) groups is 2. The van der Waals surface area contributed by atoms with E-state index in [-0.39, 0.29) is 23.5 Å². The number of nitrogens with two attached hydrogens (primary N) is 1. The number of primary amides is 1. The first-order valence-electron chi connectivity index (χ1n) is 15.4. The molecule has 12 heteroatoms. The lowest BCUT2D eigenvalue weighted by molar-refractivity contribution is -0.111. The Hall–Kier alpha value is -3.74. The maximum Gasteiger partial charge on any atom is 0.271 e. The number of amides is 2. The Bertz CT molecular complexity index is 1300. The Morgan fingerprint density at radius 2 is 1.77 bits per heavy atom. The highest BCUT2D eigenvalue weighted by atomic mass is 16.5. The minimum absolute atomic E-state index is 0.0705. The number of anilines is 5. The molecule has 0 unspecified atom stereocenters. The van der Waals surface area contributed by atoms with Crippen LogP contribution in [0.4, 0.5) is 28.7 Å². The number of likely N-dealkylation sites (N-methyl/N-ethyl adjacent to an activating group) is 1. The molecule has 0 spiro atoms. The molecule has 1 aromatic carbocycles. The zero-order valence-corrected chi connectivity index (χ0v) is 25.4. The number of hydrogen-bond acceptors (Lipinski definition) is 10. The number of ether oxygens (including phenoxy) is 1. The van der Waals surface area contributed by atoms with E-state index in [1.807, 2.05) is 25.1 Å². The van der Waals surface area contributed by atoms with E-state index in [4.69, 9.17) is 15.5 Å². The highest BCUT2D eigenvalue weighted by Crippen LogP contribution is 2.34. The summed E-state index contributed by atoms with van der Waals surface area (Å²) in [5.74, 6) is -0.0659. The Balaban J connectivity index is 1.37. The van der Waals surface area contributed by atoms with Crippen molar-refractivity contribution >= 4 is 40.5 Å². The maximum absolute atomic E-state index is 12.4. The summed E-state index contributed by atoms with van der Waals surface area (Å²) in [5, 5.41) is 9.72. The Morgan fingerprint density at radius 3 is 2.42 bits per heavy atom. The number of rotatable bonds is 10. The number of benzene rings is 1. The van der Waals surface area contributed by atoms with Crippen molar-refractivity contribution in [2.24, 2.45) is 5.73 Å². The molecule has 0 aliphatic carbocycles. The fourth-order valence-corrected chi connectivity index (χ4v) is 6.10. The Morgan fingerprint density at radius 1 is 1.05 bits per heavy atom. The van der Waals surface area contributed by atoms with Gasteiger partial charge in [-0.1, -0.05) is 13.5 Å². The first-order valence-corrected chi connectivity index (χ1v) is 15.4. The molecule has 0 radical (unpaired) electrons. The number of nitrogens with one attached hydrogen (secondary N) is 3. The molecule has 3 aliphatic heterocycles. The molecule has 5 rings (SSSR count). The van der Waals surface area contributed by atoms with Crippen LogP contribution in [0.2, 0.25) is 0 Å². The molecule has 1 aromatic heterocycles. The van der Waals surface area contributed by atoms with E-state index in [1.54, 1.807) is 0 Å². The zero-order valence-electron chi connectivity index (χ0n) is 25.4. The smallest absolute Gasteiger partial charge is 0.271 e. The predicted octanol–water partition coefficient (Wildman–Crippen LogP) is 2.81. The Labute approximate surface area is 254 Å². The van der Waals surface area contributed by atoms with E-state index in [0.717, 1.165) is 70.6 Å². The fraction of sp³-hybridized carbons (Fsp3) is 0.548. The molecule has 0 bridgehead atoms. The van der Waals surface area contributed by atoms with Crippen LogP contribution in [0, 0.1) is 0 Å². The standard InChI is InChI=1S/C31H45N9O3/c1-4-24-30(33-21-10-18-43-19-11-21)37-31(28(36-24)29(32)42)34-22-6-7-26(25(20-22)35-27(41)5-2)40-12-8-23(9-13-40)39-16-14-38(3)15-17-39/h5-7,20-21,23H,2,4,8-19H2,1,3H3,(H2,32,42)(H,35,41)(H2,33,34,37). The van der Waals surface area contributed by atoms with Gasteiger partial charge in [0.25, 0.3) is 5.91 Å². The Kier molecular flexibility index (Phi) is 10.1. The molecule has 4 heterocycles. The third-order valence-electron chi connectivity index (χ3n) is 8.66. The van der Waals surface area contributed by atoms with Gasteiger partial charge in [-0.3, -0.25) is 14.5 Å². The molecule has 0 atom stereocenters. The van der Waals surface area contributed by atoms with Gasteiger partial charge in [0.1, 0.15) is 0 Å². The van der Waals surface area contributed by atoms with Gasteiger partial charge >= 0.3 is 0 Å². The fourth-order valence-electron chi connectivity index (χ4n) is 6.10. The minimum Gasteiger partial charge on any atom is -0.381 e. The first kappa shape index (κ1) is 30.7. The molecule has 3 fully saturated rings. The molecule has 0 saturated carbocycles. The van der Waals surface area contributed by atoms with E-state index in [9.17, 15) is 9.59 Å². The molecule has 2 aromatic rings. The number of piperidine rings is 1. The van der Waals surface area contributed by atoms with Crippen molar-refractivity contribution in [3.8, 4) is 0 Å². The van der Waals surface area contributed by atoms with Crippen LogP contribution in [0.5, 0.6) is 0 Å². The third kappa shape index (κ3) is 7.62. The molecule has 3 saturated heterocycles. The lowest BCUT2D eigenvalue weighted by atomic mass is 10.0. The van der Waals surface area contributed by atoms with Gasteiger partial charge < -0.3 is 36.2 Å². The van der Waals surface area contributed by atoms with Crippen molar-refractivity contribution in [3.05, 3.63) is 42.2 Å². The van der Waals surface area contributed by atoms with Crippen LogP contribution < -0.4 is 26.6 Å². The molecule has 3 aliphatic rings. The van der Waals surface area contributed by atoms with E-state index in [1.165, 1.54) is 6.08 Å². The van der Waals surface area contributed by atoms with Gasteiger partial charge in [-0.2, -0.15) is 0 Å². The van der Waals surface area contributed by atoms with Crippen LogP contribution in [0.1, 0.15) is 48.8 Å². The quantitative estimate of drug-likeness (QED) is 0.305. The normalized spacial score (nSPS) is 19.2. The number of piperazine rings is 1. The summed E-state index contributed by atoms with van der Waals surface area (Å²) in [6.45, 7) is 13.2. The number of aryl methyl sites for hydroxylation is 1. The summed E-state index contributed by atoms with van der Waals surface area (Å²) in [5.41, 5.74) is 8.74. The summed E-state index contributed by atoms with van der Waals surface area (Å²) in [6, 6.07) is 6.57. The molecular formula is C31H45N9O3. The van der Waals surface area contributed by atoms with Gasteiger partial charge in [-0.15, -0.1) is 0 Å². The molecule has 43 heavy (non-hydrogen) atoms. The largest absolute Gasteiger partial charge is 0.381 e. The van der Waals surface area contributed by atoms with Crippen molar-refractivity contribution < 1.29 is 14.3 Å². The van der Waals surface area contributed by atoms with Crippen LogP contribution >= 0.6 is 0 Å². The van der Waals surface area contributed by atoms with Crippen LogP contribution in [-0.4, -0.2) is 103 Å². The van der Waals surface area contributed by atoms with Crippen LogP contribution in [-0.2, 0) is 16.0 Å². The van der Waals surface area contributed by atoms with E-state index in [0.29, 0.717) is 48.6 Å². The van der Waals surface area contributed by atoms with Crippen LogP contribution in [0.3, 0.4) is 0 Å². The SMILES string of the molecule is C=CC(=O)Nc1cc(Nc2nc(NC3CCOCC3)c(CC)nc2C(N)=O)ccc1N1CCC(N2CCN(C)CC2)CC1. The summed E-state index contributed by atoms with van der Waals surface area (Å²) in [7, 11) is 2.18. The van der Waals surface area contributed by atoms with Gasteiger partial charge in [-0.25, -0.2) is 9.97 Å². The molecular weight excluding hydrogens is 546 g/mol. The lowest BCUT2D eigenvalue weighted by Gasteiger charge is -2.43. The van der Waals surface area contributed by atoms with E-state index in [2.05, 4.69) is 49.3 Å². The van der Waals surface area contributed by atoms with Gasteiger partial charge in [-0.05, 0) is 63.4 Å². The third-order valence-corrected chi connectivity index (χ3v) is 8.66. The summed E-state index contributed by atoms with van der Waals surface area (Å²) >= 11 is 0. The average molecular weight is 592 g/mol. The summed E-state index contributed by atoms with van der Waals surface area (Å²) in [4.78, 5) is 41.6. The highest BCUT2D eigenvalue weighted by molar-refractivity contribution is 6.02. The van der Waals surface area contributed by atoms with Crippen LogP contribution in [0.15, 0.2) is 30.9 Å². The van der Waals surface area contributed by atoms with Crippen molar-refractivity contribution in [1.82, 2.24) is 19.8 Å². The topological polar surface area (TPSA) is 141 Å². The summed E-state index contributed by atoms with van der Waals surface area (Å²) in [6.07, 6.45) is 5.73. The van der Waals surface area contributed by atoms with Crippen molar-refractivity contribution in [2.45, 2.75) is 51.1 Å². The lowest BCUT2D eigenvalue weighted by Crippen LogP contribution is -2.52. The van der Waals surface area contributed by atoms with Gasteiger partial charge in [0.2, 0.25) is 5.91 Å². The molecule has 12 nitrogen and oxygen atoms in total. The molecule has 232 valence electrons. The van der Waals surface area contributed by atoms with E-state index >= 15 is 0 Å². The van der Waals surface area contributed by atoms with Gasteiger partial charge in [0, 0.05) is 70.3 Å². The highest BCUT2D eigenvalue weighted by Gasteiger charge is 2.28. The second-order valence-electron chi connectivity index (χ2n) is 11.6.